The first kappa shape index (κ1) is 12.1. The summed E-state index contributed by atoms with van der Waals surface area (Å²) < 4.78 is 0. The minimum atomic E-state index is 0.0862. The van der Waals surface area contributed by atoms with Crippen LogP contribution >= 0.6 is 0 Å². The van der Waals surface area contributed by atoms with Gasteiger partial charge in [0, 0.05) is 25.4 Å². The average molecular weight is 234 g/mol. The Kier molecular flexibility index (Phi) is 4.12. The van der Waals surface area contributed by atoms with E-state index in [1.54, 1.807) is 0 Å². The molecule has 4 heteroatoms. The highest BCUT2D eigenvalue weighted by Gasteiger charge is 2.24. The summed E-state index contributed by atoms with van der Waals surface area (Å²) in [5.41, 5.74) is 1.99. The Labute approximate surface area is 101 Å². The van der Waals surface area contributed by atoms with Gasteiger partial charge in [-0.1, -0.05) is 12.1 Å². The molecule has 1 aliphatic heterocycles. The van der Waals surface area contributed by atoms with E-state index in [1.165, 1.54) is 0 Å². The summed E-state index contributed by atoms with van der Waals surface area (Å²) >= 11 is 0. The highest BCUT2D eigenvalue weighted by atomic mass is 16.2. The van der Waals surface area contributed by atoms with E-state index in [1.807, 2.05) is 24.3 Å². The molecule has 0 unspecified atom stereocenters. The van der Waals surface area contributed by atoms with Gasteiger partial charge in [0.1, 0.15) is 0 Å². The Bertz CT molecular complexity index is 389. The largest absolute Gasteiger partial charge is 0.396 e. The van der Waals surface area contributed by atoms with Gasteiger partial charge in [-0.3, -0.25) is 4.79 Å². The van der Waals surface area contributed by atoms with Crippen LogP contribution in [-0.4, -0.2) is 30.7 Å². The van der Waals surface area contributed by atoms with Crippen LogP contribution in [-0.2, 0) is 11.2 Å². The molecule has 1 heterocycles. The first-order valence-electron chi connectivity index (χ1n) is 6.01. The number of hydrogen-bond acceptors (Lipinski definition) is 3. The second-order valence-corrected chi connectivity index (χ2v) is 4.37. The molecule has 1 aromatic carbocycles. The van der Waals surface area contributed by atoms with Crippen molar-refractivity contribution < 1.29 is 9.90 Å². The van der Waals surface area contributed by atoms with Crippen molar-refractivity contribution in [1.82, 2.24) is 5.32 Å². The number of carbonyl (C=O) groups is 1. The van der Waals surface area contributed by atoms with E-state index in [2.05, 4.69) is 10.6 Å². The highest BCUT2D eigenvalue weighted by Crippen LogP contribution is 2.14. The Morgan fingerprint density at radius 2 is 2.29 bits per heavy atom. The third kappa shape index (κ3) is 3.28. The van der Waals surface area contributed by atoms with Crippen molar-refractivity contribution in [2.24, 2.45) is 5.92 Å². The van der Waals surface area contributed by atoms with Crippen molar-refractivity contribution in [2.45, 2.75) is 12.8 Å². The molecule has 0 spiro atoms. The topological polar surface area (TPSA) is 61.4 Å². The van der Waals surface area contributed by atoms with E-state index < -0.39 is 0 Å². The summed E-state index contributed by atoms with van der Waals surface area (Å²) in [6.07, 6.45) is 1.59. The van der Waals surface area contributed by atoms with Crippen LogP contribution in [0.1, 0.15) is 12.0 Å². The summed E-state index contributed by atoms with van der Waals surface area (Å²) in [7, 11) is 0. The van der Waals surface area contributed by atoms with Crippen LogP contribution in [0.2, 0.25) is 0 Å². The Morgan fingerprint density at radius 3 is 2.94 bits per heavy atom. The van der Waals surface area contributed by atoms with Gasteiger partial charge >= 0.3 is 0 Å². The number of hydrogen-bond donors (Lipinski definition) is 3. The molecule has 4 nitrogen and oxygen atoms in total. The van der Waals surface area contributed by atoms with Crippen molar-refractivity contribution in [1.29, 1.82) is 0 Å². The van der Waals surface area contributed by atoms with E-state index in [4.69, 9.17) is 5.11 Å². The zero-order chi connectivity index (χ0) is 12.1. The van der Waals surface area contributed by atoms with Crippen molar-refractivity contribution in [2.75, 3.05) is 25.0 Å². The molecule has 2 rings (SSSR count). The third-order valence-electron chi connectivity index (χ3n) is 2.97. The van der Waals surface area contributed by atoms with E-state index >= 15 is 0 Å². The van der Waals surface area contributed by atoms with Crippen molar-refractivity contribution in [3.8, 4) is 0 Å². The lowest BCUT2D eigenvalue weighted by Crippen LogP contribution is -2.48. The number of aryl methyl sites for hydroxylation is 1. The predicted molar refractivity (Wildman–Crippen MR) is 66.8 cm³/mol. The van der Waals surface area contributed by atoms with Gasteiger partial charge in [0.25, 0.3) is 0 Å². The van der Waals surface area contributed by atoms with Crippen LogP contribution in [0, 0.1) is 5.92 Å². The number of carbonyl (C=O) groups excluding carboxylic acids is 1. The maximum atomic E-state index is 11.7. The number of rotatable bonds is 5. The molecule has 1 amide bonds. The fraction of sp³-hybridized carbons (Fsp3) is 0.462. The lowest BCUT2D eigenvalue weighted by Gasteiger charge is -2.25. The molecular weight excluding hydrogens is 216 g/mol. The monoisotopic (exact) mass is 234 g/mol. The molecule has 0 radical (unpaired) electrons. The molecular formula is C13H18N2O2. The van der Waals surface area contributed by atoms with E-state index in [0.717, 1.165) is 37.2 Å². The smallest absolute Gasteiger partial charge is 0.230 e. The van der Waals surface area contributed by atoms with Crippen LogP contribution in [0.5, 0.6) is 0 Å². The Hall–Kier alpha value is -1.39. The van der Waals surface area contributed by atoms with E-state index in [0.29, 0.717) is 0 Å². The van der Waals surface area contributed by atoms with Crippen LogP contribution < -0.4 is 10.6 Å². The van der Waals surface area contributed by atoms with Gasteiger partial charge in [0.05, 0.1) is 5.92 Å². The number of aliphatic hydroxyl groups excluding tert-OH is 1. The lowest BCUT2D eigenvalue weighted by atomic mass is 10.0. The highest BCUT2D eigenvalue weighted by molar-refractivity contribution is 5.93. The maximum Gasteiger partial charge on any atom is 0.230 e. The maximum absolute atomic E-state index is 11.7. The average Bonchev–Trinajstić information content (AvgIpc) is 2.24. The minimum Gasteiger partial charge on any atom is -0.396 e. The molecule has 0 aliphatic carbocycles. The number of anilines is 1. The second kappa shape index (κ2) is 5.80. The van der Waals surface area contributed by atoms with Crippen LogP contribution in [0.15, 0.2) is 24.3 Å². The van der Waals surface area contributed by atoms with Gasteiger partial charge in [-0.05, 0) is 30.5 Å². The molecule has 1 saturated heterocycles. The number of benzene rings is 1. The van der Waals surface area contributed by atoms with E-state index in [-0.39, 0.29) is 18.4 Å². The molecule has 3 N–H and O–H groups in total. The predicted octanol–water partition coefficient (Wildman–Crippen LogP) is 0.769. The molecule has 17 heavy (non-hydrogen) atoms. The normalized spacial score (nSPS) is 15.4. The standard InChI is InChI=1S/C13H18N2O2/c16-6-2-4-10-3-1-5-12(7-10)15-13(17)11-8-14-9-11/h1,3,5,7,11,14,16H,2,4,6,8-9H2,(H,15,17). The molecule has 0 aromatic heterocycles. The molecule has 1 aromatic rings. The van der Waals surface area contributed by atoms with Crippen LogP contribution in [0.3, 0.4) is 0 Å². The molecule has 1 fully saturated rings. The van der Waals surface area contributed by atoms with Gasteiger partial charge < -0.3 is 15.7 Å². The molecule has 0 saturated carbocycles. The minimum absolute atomic E-state index is 0.0862. The van der Waals surface area contributed by atoms with Crippen molar-refractivity contribution in [3.05, 3.63) is 29.8 Å². The van der Waals surface area contributed by atoms with Crippen molar-refractivity contribution >= 4 is 11.6 Å². The third-order valence-corrected chi connectivity index (χ3v) is 2.97. The molecule has 92 valence electrons. The SMILES string of the molecule is O=C(Nc1cccc(CCCO)c1)C1CNC1. The van der Waals surface area contributed by atoms with Crippen LogP contribution in [0.25, 0.3) is 0 Å². The van der Waals surface area contributed by atoms with Crippen molar-refractivity contribution in [3.63, 3.8) is 0 Å². The number of aliphatic hydroxyl groups is 1. The van der Waals surface area contributed by atoms with Gasteiger partial charge in [-0.15, -0.1) is 0 Å². The molecule has 1 aliphatic rings. The number of amides is 1. The Balaban J connectivity index is 1.93. The summed E-state index contributed by atoms with van der Waals surface area (Å²) in [5, 5.41) is 14.8. The quantitative estimate of drug-likeness (QED) is 0.705. The first-order valence-corrected chi connectivity index (χ1v) is 6.01. The zero-order valence-electron chi connectivity index (χ0n) is 9.78. The van der Waals surface area contributed by atoms with E-state index in [9.17, 15) is 4.79 Å². The summed E-state index contributed by atoms with van der Waals surface area (Å²) in [6, 6.07) is 7.81. The second-order valence-electron chi connectivity index (χ2n) is 4.37. The first-order chi connectivity index (χ1) is 8.29. The van der Waals surface area contributed by atoms with Gasteiger partial charge in [0.2, 0.25) is 5.91 Å². The fourth-order valence-corrected chi connectivity index (χ4v) is 1.81. The number of nitrogens with one attached hydrogen (secondary N) is 2. The zero-order valence-corrected chi connectivity index (χ0v) is 9.78. The summed E-state index contributed by atoms with van der Waals surface area (Å²) in [4.78, 5) is 11.7. The van der Waals surface area contributed by atoms with Crippen LogP contribution in [0.4, 0.5) is 5.69 Å². The fourth-order valence-electron chi connectivity index (χ4n) is 1.81. The lowest BCUT2D eigenvalue weighted by molar-refractivity contribution is -0.121. The van der Waals surface area contributed by atoms with Gasteiger partial charge in [-0.25, -0.2) is 0 Å². The summed E-state index contributed by atoms with van der Waals surface area (Å²) in [6.45, 7) is 1.75. The Morgan fingerprint density at radius 1 is 1.47 bits per heavy atom. The molecule has 0 bridgehead atoms. The van der Waals surface area contributed by atoms with Gasteiger partial charge in [0.15, 0.2) is 0 Å². The van der Waals surface area contributed by atoms with Gasteiger partial charge in [-0.2, -0.15) is 0 Å². The summed E-state index contributed by atoms with van der Waals surface area (Å²) in [5.74, 6) is 0.194. The molecule has 0 atom stereocenters.